The molecule has 6 nitrogen and oxygen atoms in total. The predicted octanol–water partition coefficient (Wildman–Crippen LogP) is 1.93. The van der Waals surface area contributed by atoms with Crippen molar-refractivity contribution in [3.05, 3.63) is 11.1 Å². The predicted molar refractivity (Wildman–Crippen MR) is 97.2 cm³/mol. The van der Waals surface area contributed by atoms with Crippen molar-refractivity contribution in [2.24, 2.45) is 23.2 Å². The summed E-state index contributed by atoms with van der Waals surface area (Å²) in [5, 5.41) is 12.4. The van der Waals surface area contributed by atoms with Gasteiger partial charge >= 0.3 is 5.97 Å². The summed E-state index contributed by atoms with van der Waals surface area (Å²) in [7, 11) is 0. The third-order valence-electron chi connectivity index (χ3n) is 9.45. The number of cyclic esters (lactones) is 1. The van der Waals surface area contributed by atoms with Crippen LogP contribution < -0.4 is 0 Å². The number of aliphatic hydroxyl groups is 1. The summed E-state index contributed by atoms with van der Waals surface area (Å²) >= 11 is 0. The number of esters is 1. The lowest BCUT2D eigenvalue weighted by Crippen LogP contribution is -2.72. The molecule has 1 spiro atoms. The maximum atomic E-state index is 12.4. The monoisotopic (exact) mass is 388 g/mol. The van der Waals surface area contributed by atoms with Gasteiger partial charge in [-0.05, 0) is 36.7 Å². The molecule has 0 aromatic rings. The smallest absolute Gasteiger partial charge is 0.334 e. The Morgan fingerprint density at radius 3 is 2.79 bits per heavy atom. The topological polar surface area (TPSA) is 88.7 Å². The SMILES string of the molecule is CC(C)C12OC1CC1(O)C3(C)CCC4=C(COC4=O)C3CC3OC31C2CC=O. The molecule has 8 unspecified atom stereocenters. The van der Waals surface area contributed by atoms with Crippen LogP contribution in [0.25, 0.3) is 0 Å². The summed E-state index contributed by atoms with van der Waals surface area (Å²) in [6.07, 6.45) is 3.88. The molecular formula is C22H28O6. The van der Waals surface area contributed by atoms with Crippen LogP contribution in [0.1, 0.15) is 52.9 Å². The second kappa shape index (κ2) is 4.90. The van der Waals surface area contributed by atoms with Crippen LogP contribution in [0.15, 0.2) is 11.1 Å². The zero-order valence-electron chi connectivity index (χ0n) is 16.7. The number of carbonyl (C=O) groups excluding carboxylic acids is 2. The van der Waals surface area contributed by atoms with E-state index >= 15 is 0 Å². The van der Waals surface area contributed by atoms with Gasteiger partial charge in [-0.3, -0.25) is 0 Å². The van der Waals surface area contributed by atoms with Gasteiger partial charge < -0.3 is 24.1 Å². The molecule has 6 heteroatoms. The van der Waals surface area contributed by atoms with E-state index in [1.54, 1.807) is 0 Å². The van der Waals surface area contributed by atoms with E-state index in [1.807, 2.05) is 0 Å². The van der Waals surface area contributed by atoms with Crippen LogP contribution in [0, 0.1) is 23.2 Å². The maximum Gasteiger partial charge on any atom is 0.334 e. The first-order chi connectivity index (χ1) is 13.3. The fourth-order valence-corrected chi connectivity index (χ4v) is 7.99. The zero-order chi connectivity index (χ0) is 19.7. The van der Waals surface area contributed by atoms with Gasteiger partial charge in [0.05, 0.1) is 12.2 Å². The zero-order valence-corrected chi connectivity index (χ0v) is 16.7. The first-order valence-corrected chi connectivity index (χ1v) is 10.7. The van der Waals surface area contributed by atoms with Crippen molar-refractivity contribution in [3.8, 4) is 0 Å². The molecule has 1 N–H and O–H groups in total. The highest BCUT2D eigenvalue weighted by Gasteiger charge is 2.89. The molecule has 0 radical (unpaired) electrons. The second-order valence-electron chi connectivity index (χ2n) is 10.3. The Balaban J connectivity index is 1.48. The van der Waals surface area contributed by atoms with E-state index in [2.05, 4.69) is 20.8 Å². The number of hydrogen-bond acceptors (Lipinski definition) is 6. The summed E-state index contributed by atoms with van der Waals surface area (Å²) < 4.78 is 18.0. The summed E-state index contributed by atoms with van der Waals surface area (Å²) in [6, 6.07) is 0. The standard InChI is InChI=1S/C22H28O6/c1-11(2)21-15(5-7-23)22-16(28-22)8-14-13-10-26-18(24)12(13)4-6-19(14,3)20(22,25)9-17(21)27-21/h7,11,14-17,25H,4-6,8-10H2,1-3H3. The van der Waals surface area contributed by atoms with Gasteiger partial charge in [-0.1, -0.05) is 20.8 Å². The molecule has 0 amide bonds. The Kier molecular flexibility index (Phi) is 3.08. The summed E-state index contributed by atoms with van der Waals surface area (Å²) in [6.45, 7) is 6.79. The summed E-state index contributed by atoms with van der Waals surface area (Å²) in [4.78, 5) is 23.8. The Labute approximate surface area is 164 Å². The van der Waals surface area contributed by atoms with Gasteiger partial charge in [-0.2, -0.15) is 0 Å². The van der Waals surface area contributed by atoms with Crippen LogP contribution in [0.4, 0.5) is 0 Å². The van der Waals surface area contributed by atoms with E-state index in [0.717, 1.165) is 30.3 Å². The highest BCUT2D eigenvalue weighted by molar-refractivity contribution is 5.92. The summed E-state index contributed by atoms with van der Waals surface area (Å²) in [5.74, 6) is 0.0269. The second-order valence-corrected chi connectivity index (χ2v) is 10.3. The Hall–Kier alpha value is -1.24. The first-order valence-electron chi connectivity index (χ1n) is 10.7. The quantitative estimate of drug-likeness (QED) is 0.452. The van der Waals surface area contributed by atoms with Crippen molar-refractivity contribution in [1.82, 2.24) is 0 Å². The number of ether oxygens (including phenoxy) is 3. The van der Waals surface area contributed by atoms with Gasteiger partial charge in [0.25, 0.3) is 0 Å². The lowest BCUT2D eigenvalue weighted by molar-refractivity contribution is -0.199. The molecule has 0 aromatic heterocycles. The summed E-state index contributed by atoms with van der Waals surface area (Å²) in [5.41, 5.74) is -0.665. The van der Waals surface area contributed by atoms with Crippen molar-refractivity contribution < 1.29 is 28.9 Å². The van der Waals surface area contributed by atoms with Crippen LogP contribution >= 0.6 is 0 Å². The van der Waals surface area contributed by atoms with Crippen molar-refractivity contribution >= 4 is 12.3 Å². The molecule has 2 saturated heterocycles. The van der Waals surface area contributed by atoms with Crippen molar-refractivity contribution in [1.29, 1.82) is 0 Å². The average molecular weight is 388 g/mol. The largest absolute Gasteiger partial charge is 0.458 e. The Morgan fingerprint density at radius 1 is 1.29 bits per heavy atom. The number of aldehydes is 1. The van der Waals surface area contributed by atoms with E-state index in [0.29, 0.717) is 25.9 Å². The van der Waals surface area contributed by atoms with Gasteiger partial charge in [-0.15, -0.1) is 0 Å². The van der Waals surface area contributed by atoms with E-state index in [1.165, 1.54) is 0 Å². The lowest BCUT2D eigenvalue weighted by atomic mass is 9.43. The molecule has 3 aliphatic carbocycles. The van der Waals surface area contributed by atoms with Crippen LogP contribution in [-0.4, -0.2) is 53.0 Å². The molecule has 3 heterocycles. The van der Waals surface area contributed by atoms with Crippen molar-refractivity contribution in [2.45, 2.75) is 81.9 Å². The molecule has 0 bridgehead atoms. The third kappa shape index (κ3) is 1.59. The molecule has 152 valence electrons. The molecule has 2 saturated carbocycles. The van der Waals surface area contributed by atoms with Crippen LogP contribution in [0.5, 0.6) is 0 Å². The van der Waals surface area contributed by atoms with Crippen molar-refractivity contribution in [2.75, 3.05) is 6.61 Å². The molecule has 6 aliphatic rings. The molecule has 6 rings (SSSR count). The Bertz CT molecular complexity index is 833. The fraction of sp³-hybridized carbons (Fsp3) is 0.818. The highest BCUT2D eigenvalue weighted by Crippen LogP contribution is 2.78. The molecular weight excluding hydrogens is 360 g/mol. The number of fused-ring (bicyclic) bond motifs is 4. The van der Waals surface area contributed by atoms with Crippen molar-refractivity contribution in [3.63, 3.8) is 0 Å². The molecule has 28 heavy (non-hydrogen) atoms. The molecule has 3 aliphatic heterocycles. The van der Waals surface area contributed by atoms with E-state index in [4.69, 9.17) is 14.2 Å². The van der Waals surface area contributed by atoms with Crippen LogP contribution in [0.3, 0.4) is 0 Å². The van der Waals surface area contributed by atoms with E-state index in [-0.39, 0.29) is 41.5 Å². The average Bonchev–Trinajstić information content (AvgIpc) is 3.51. The lowest BCUT2D eigenvalue weighted by Gasteiger charge is -2.60. The maximum absolute atomic E-state index is 12.4. The van der Waals surface area contributed by atoms with Gasteiger partial charge in [0, 0.05) is 29.7 Å². The number of carbonyl (C=O) groups is 2. The molecule has 8 atom stereocenters. The van der Waals surface area contributed by atoms with Gasteiger partial charge in [0.15, 0.2) is 0 Å². The minimum absolute atomic E-state index is 0.0367. The minimum atomic E-state index is -1.06. The van der Waals surface area contributed by atoms with Crippen LogP contribution in [0.2, 0.25) is 0 Å². The normalized spacial score (nSPS) is 55.5. The van der Waals surface area contributed by atoms with E-state index in [9.17, 15) is 14.7 Å². The number of epoxide rings is 2. The first kappa shape index (κ1) is 17.6. The number of rotatable bonds is 3. The van der Waals surface area contributed by atoms with Gasteiger partial charge in [0.2, 0.25) is 0 Å². The minimum Gasteiger partial charge on any atom is -0.458 e. The molecule has 0 aromatic carbocycles. The van der Waals surface area contributed by atoms with Gasteiger partial charge in [-0.25, -0.2) is 4.79 Å². The Morgan fingerprint density at radius 2 is 2.07 bits per heavy atom. The van der Waals surface area contributed by atoms with Crippen LogP contribution in [-0.2, 0) is 23.8 Å². The molecule has 4 fully saturated rings. The number of hydrogen-bond donors (Lipinski definition) is 1. The third-order valence-corrected chi connectivity index (χ3v) is 9.45. The highest BCUT2D eigenvalue weighted by atomic mass is 16.7. The fourth-order valence-electron chi connectivity index (χ4n) is 7.99. The van der Waals surface area contributed by atoms with Gasteiger partial charge in [0.1, 0.15) is 29.7 Å². The van der Waals surface area contributed by atoms with E-state index < -0.39 is 16.6 Å².